The van der Waals surface area contributed by atoms with Gasteiger partial charge in [0.05, 0.1) is 13.2 Å². The highest BCUT2D eigenvalue weighted by atomic mass is 16.5. The summed E-state index contributed by atoms with van der Waals surface area (Å²) in [6, 6.07) is 6.53. The minimum absolute atomic E-state index is 0.537. The lowest BCUT2D eigenvalue weighted by atomic mass is 9.95. The van der Waals surface area contributed by atoms with E-state index in [4.69, 9.17) is 9.47 Å². The maximum atomic E-state index is 10.0. The van der Waals surface area contributed by atoms with Crippen molar-refractivity contribution in [1.29, 1.82) is 0 Å². The van der Waals surface area contributed by atoms with E-state index in [1.807, 2.05) is 0 Å². The first-order chi connectivity index (χ1) is 15.3. The molecule has 32 heavy (non-hydrogen) atoms. The van der Waals surface area contributed by atoms with Crippen LogP contribution in [0.3, 0.4) is 0 Å². The van der Waals surface area contributed by atoms with Gasteiger partial charge in [-0.2, -0.15) is 0 Å². The molecule has 10 nitrogen and oxygen atoms in total. The van der Waals surface area contributed by atoms with Crippen molar-refractivity contribution >= 4 is 0 Å². The Balaban J connectivity index is 1.67. The normalized spacial score (nSPS) is 39.4. The van der Waals surface area contributed by atoms with Gasteiger partial charge in [-0.15, -0.1) is 0 Å². The first-order valence-corrected chi connectivity index (χ1v) is 10.0. The third-order valence-corrected chi connectivity index (χ3v) is 5.39. The largest absolute Gasteiger partial charge is 0.394 e. The summed E-state index contributed by atoms with van der Waals surface area (Å²) in [5.74, 6) is 10.9. The highest BCUT2D eigenvalue weighted by Gasteiger charge is 2.43. The van der Waals surface area contributed by atoms with Gasteiger partial charge in [0.15, 0.2) is 0 Å². The molecule has 2 heterocycles. The molecule has 0 saturated carbocycles. The van der Waals surface area contributed by atoms with Crippen LogP contribution in [0.4, 0.5) is 0 Å². The van der Waals surface area contributed by atoms with Crippen LogP contribution in [0.25, 0.3) is 0 Å². The summed E-state index contributed by atoms with van der Waals surface area (Å²) in [6.07, 6.45) is -13.1. The zero-order chi connectivity index (χ0) is 23.4. The molecule has 1 aromatic rings. The topological polar surface area (TPSA) is 180 Å². The van der Waals surface area contributed by atoms with Gasteiger partial charge in [-0.3, -0.25) is 0 Å². The molecule has 10 atom stereocenters. The molecule has 3 rings (SSSR count). The number of aliphatic hydroxyl groups is 8. The Bertz CT molecular complexity index is 805. The molecule has 2 aliphatic heterocycles. The van der Waals surface area contributed by atoms with Gasteiger partial charge < -0.3 is 50.3 Å². The zero-order valence-electron chi connectivity index (χ0n) is 16.9. The third kappa shape index (κ3) is 5.29. The third-order valence-electron chi connectivity index (χ3n) is 5.39. The number of rotatable bonds is 2. The molecule has 0 aliphatic carbocycles. The van der Waals surface area contributed by atoms with Gasteiger partial charge in [0.25, 0.3) is 0 Å². The fraction of sp³-hybridized carbons (Fsp3) is 0.545. The number of ether oxygens (including phenoxy) is 2. The Hall–Kier alpha value is -2.06. The number of aliphatic hydroxyl groups excluding tert-OH is 8. The Kier molecular flexibility index (Phi) is 8.22. The highest BCUT2D eigenvalue weighted by Crippen LogP contribution is 2.22. The minimum atomic E-state index is -1.50. The van der Waals surface area contributed by atoms with E-state index in [2.05, 4.69) is 23.7 Å². The van der Waals surface area contributed by atoms with Crippen LogP contribution in [-0.4, -0.2) is 115 Å². The Morgan fingerprint density at radius 1 is 0.562 bits per heavy atom. The van der Waals surface area contributed by atoms with E-state index in [1.165, 1.54) is 0 Å². The van der Waals surface area contributed by atoms with Crippen molar-refractivity contribution in [1.82, 2.24) is 0 Å². The van der Waals surface area contributed by atoms with Crippen molar-refractivity contribution in [3.05, 3.63) is 35.4 Å². The monoisotopic (exact) mass is 450 g/mol. The predicted molar refractivity (Wildman–Crippen MR) is 108 cm³/mol. The zero-order valence-corrected chi connectivity index (χ0v) is 16.9. The summed E-state index contributed by atoms with van der Waals surface area (Å²) in [6.45, 7) is -1.07. The van der Waals surface area contributed by atoms with Crippen LogP contribution >= 0.6 is 0 Å². The average molecular weight is 450 g/mol. The first kappa shape index (κ1) is 24.6. The van der Waals surface area contributed by atoms with Crippen molar-refractivity contribution < 1.29 is 50.3 Å². The molecule has 2 aliphatic rings. The fourth-order valence-electron chi connectivity index (χ4n) is 3.39. The van der Waals surface area contributed by atoms with E-state index in [0.29, 0.717) is 11.1 Å². The van der Waals surface area contributed by atoms with Crippen molar-refractivity contribution in [2.24, 2.45) is 0 Å². The van der Waals surface area contributed by atoms with Crippen molar-refractivity contribution in [2.75, 3.05) is 13.2 Å². The molecule has 0 amide bonds. The number of hydrogen-bond donors (Lipinski definition) is 8. The summed E-state index contributed by atoms with van der Waals surface area (Å²) < 4.78 is 10.7. The van der Waals surface area contributed by atoms with Crippen LogP contribution in [0.1, 0.15) is 11.1 Å². The van der Waals surface area contributed by atoms with E-state index in [9.17, 15) is 40.9 Å². The Morgan fingerprint density at radius 3 is 1.22 bits per heavy atom. The van der Waals surface area contributed by atoms with Crippen LogP contribution < -0.4 is 0 Å². The van der Waals surface area contributed by atoms with E-state index < -0.39 is 74.3 Å². The quantitative estimate of drug-likeness (QED) is 0.207. The summed E-state index contributed by atoms with van der Waals surface area (Å²) >= 11 is 0. The molecule has 8 N–H and O–H groups in total. The van der Waals surface area contributed by atoms with Crippen LogP contribution in [0.2, 0.25) is 0 Å². The van der Waals surface area contributed by atoms with E-state index in [0.717, 1.165) is 0 Å². The highest BCUT2D eigenvalue weighted by molar-refractivity contribution is 5.43. The summed E-state index contributed by atoms with van der Waals surface area (Å²) in [5.41, 5.74) is 1.08. The molecule has 0 radical (unpaired) electrons. The summed E-state index contributed by atoms with van der Waals surface area (Å²) in [5, 5.41) is 77.6. The maximum absolute atomic E-state index is 10.0. The average Bonchev–Trinajstić information content (AvgIpc) is 2.81. The van der Waals surface area contributed by atoms with Crippen LogP contribution in [-0.2, 0) is 9.47 Å². The summed E-state index contributed by atoms with van der Waals surface area (Å²) in [4.78, 5) is 0. The second kappa shape index (κ2) is 10.7. The molecule has 0 aromatic heterocycles. The lowest BCUT2D eigenvalue weighted by molar-refractivity contribution is -0.214. The molecule has 10 heteroatoms. The predicted octanol–water partition coefficient (Wildman–Crippen LogP) is -3.93. The molecule has 2 saturated heterocycles. The van der Waals surface area contributed by atoms with Gasteiger partial charge in [0, 0.05) is 11.1 Å². The standard InChI is InChI=1S/C22H26O10/c23-9-15-19(27)21(29)17(25)13(31-15)7-5-11-1-2-12(4-3-11)6-8-14-18(26)22(30)20(28)16(10-24)32-14/h1-4,13-30H,9-10H2/t13?,14?,15-,16?,17?,18-,19-,20-,21-,22?/m1/s1. The van der Waals surface area contributed by atoms with Crippen molar-refractivity contribution in [3.8, 4) is 23.7 Å². The molecule has 2 fully saturated rings. The molecule has 174 valence electrons. The SMILES string of the molecule is OCC1OC(C#Cc2ccc(C#CC3O[C@H](CO)[C@@H](O)[C@H](O)C3O)cc2)[C@@H](O)C(O)[C@@H]1O. The molecule has 0 bridgehead atoms. The second-order valence-electron chi connectivity index (χ2n) is 7.61. The van der Waals surface area contributed by atoms with Gasteiger partial charge in [-0.1, -0.05) is 23.7 Å². The lowest BCUT2D eigenvalue weighted by Gasteiger charge is -2.37. The van der Waals surface area contributed by atoms with Gasteiger partial charge >= 0.3 is 0 Å². The minimum Gasteiger partial charge on any atom is -0.394 e. The van der Waals surface area contributed by atoms with Gasteiger partial charge in [0.2, 0.25) is 0 Å². The molecule has 1 aromatic carbocycles. The maximum Gasteiger partial charge on any atom is 0.147 e. The molecular formula is C22H26O10. The number of hydrogen-bond acceptors (Lipinski definition) is 10. The van der Waals surface area contributed by atoms with Crippen molar-refractivity contribution in [3.63, 3.8) is 0 Å². The summed E-state index contributed by atoms with van der Waals surface area (Å²) in [7, 11) is 0. The second-order valence-corrected chi connectivity index (χ2v) is 7.61. The van der Waals surface area contributed by atoms with Gasteiger partial charge in [-0.05, 0) is 24.3 Å². The fourth-order valence-corrected chi connectivity index (χ4v) is 3.39. The number of benzene rings is 1. The van der Waals surface area contributed by atoms with Crippen LogP contribution in [0.5, 0.6) is 0 Å². The van der Waals surface area contributed by atoms with Gasteiger partial charge in [-0.25, -0.2) is 0 Å². The molecular weight excluding hydrogens is 424 g/mol. The van der Waals surface area contributed by atoms with E-state index in [-0.39, 0.29) is 0 Å². The van der Waals surface area contributed by atoms with Crippen LogP contribution in [0, 0.1) is 23.7 Å². The Labute approximate surface area is 184 Å². The van der Waals surface area contributed by atoms with Crippen molar-refractivity contribution in [2.45, 2.75) is 61.0 Å². The van der Waals surface area contributed by atoms with E-state index >= 15 is 0 Å². The smallest absolute Gasteiger partial charge is 0.147 e. The van der Waals surface area contributed by atoms with Gasteiger partial charge in [0.1, 0.15) is 61.0 Å². The van der Waals surface area contributed by atoms with Crippen LogP contribution in [0.15, 0.2) is 24.3 Å². The van der Waals surface area contributed by atoms with E-state index in [1.54, 1.807) is 24.3 Å². The molecule has 0 spiro atoms. The first-order valence-electron chi connectivity index (χ1n) is 10.0. The Morgan fingerprint density at radius 2 is 0.906 bits per heavy atom. The molecule has 5 unspecified atom stereocenters. The lowest BCUT2D eigenvalue weighted by Crippen LogP contribution is -2.58.